The Kier molecular flexibility index (Phi) is 9.93. The zero-order valence-electron chi connectivity index (χ0n) is 16.1. The third-order valence-corrected chi connectivity index (χ3v) is 9.72. The van der Waals surface area contributed by atoms with E-state index in [1.807, 2.05) is 0 Å². The highest BCUT2D eigenvalue weighted by Gasteiger charge is 2.63. The average molecular weight is 346 g/mol. The van der Waals surface area contributed by atoms with Gasteiger partial charge in [0.15, 0.2) is 0 Å². The molecule has 1 aliphatic heterocycles. The first-order valence-electron chi connectivity index (χ1n) is 9.81. The largest absolute Gasteiger partial charge is 0.393 e. The normalized spacial score (nSPS) is 27.3. The lowest BCUT2D eigenvalue weighted by atomic mass is 10.0. The average Bonchev–Trinajstić information content (AvgIpc) is 2.55. The van der Waals surface area contributed by atoms with Crippen molar-refractivity contribution in [2.45, 2.75) is 90.5 Å². The molecule has 1 aliphatic rings. The summed E-state index contributed by atoms with van der Waals surface area (Å²) < 4.78 is 19.2. The van der Waals surface area contributed by atoms with Gasteiger partial charge in [0, 0.05) is 25.9 Å². The van der Waals surface area contributed by atoms with Crippen molar-refractivity contribution in [2.24, 2.45) is 0 Å². The maximum Gasteiger partial charge on any atom is 0.372 e. The molecule has 23 heavy (non-hydrogen) atoms. The van der Waals surface area contributed by atoms with E-state index in [-0.39, 0.29) is 5.22 Å². The van der Waals surface area contributed by atoms with Crippen LogP contribution in [-0.4, -0.2) is 46.2 Å². The fourth-order valence-electron chi connectivity index (χ4n) is 4.15. The lowest BCUT2D eigenvalue weighted by Crippen LogP contribution is -2.74. The Morgan fingerprint density at radius 2 is 1.70 bits per heavy atom. The summed E-state index contributed by atoms with van der Waals surface area (Å²) in [5.41, 5.74) is 0. The zero-order chi connectivity index (χ0) is 17.2. The number of nitrogens with one attached hydrogen (secondary N) is 1. The van der Waals surface area contributed by atoms with Crippen LogP contribution in [0.1, 0.15) is 73.1 Å². The fraction of sp³-hybridized carbons (Fsp3) is 1.00. The molecular formula is C18H39NO3Si. The summed E-state index contributed by atoms with van der Waals surface area (Å²) in [5.74, 6) is 0. The number of hydrogen-bond donors (Lipinski definition) is 1. The molecular weight excluding hydrogens is 306 g/mol. The van der Waals surface area contributed by atoms with Crippen LogP contribution in [0, 0.1) is 0 Å². The summed E-state index contributed by atoms with van der Waals surface area (Å²) in [7, 11) is -2.40. The van der Waals surface area contributed by atoms with Gasteiger partial charge < -0.3 is 18.9 Å². The van der Waals surface area contributed by atoms with Crippen molar-refractivity contribution < 1.29 is 13.6 Å². The molecule has 5 heteroatoms. The van der Waals surface area contributed by atoms with E-state index in [1.165, 1.54) is 25.7 Å². The van der Waals surface area contributed by atoms with Gasteiger partial charge in [-0.1, -0.05) is 26.7 Å². The summed E-state index contributed by atoms with van der Waals surface area (Å²) in [6, 6.07) is 1.40. The van der Waals surface area contributed by atoms with E-state index < -0.39 is 8.56 Å². The third kappa shape index (κ3) is 4.79. The van der Waals surface area contributed by atoms with Crippen LogP contribution < -0.4 is 5.32 Å². The SMILES string of the molecule is CCCCCNC1CCC[Si](OCC)(OCC)C1(CC)OCC. The Balaban J connectivity index is 3.02. The van der Waals surface area contributed by atoms with Crippen LogP contribution >= 0.6 is 0 Å². The van der Waals surface area contributed by atoms with Crippen molar-refractivity contribution >= 4 is 8.56 Å². The molecule has 2 unspecified atom stereocenters. The van der Waals surface area contributed by atoms with E-state index in [2.05, 4.69) is 39.9 Å². The Morgan fingerprint density at radius 3 is 2.22 bits per heavy atom. The van der Waals surface area contributed by atoms with Crippen molar-refractivity contribution in [3.05, 3.63) is 0 Å². The van der Waals surface area contributed by atoms with Gasteiger partial charge in [0.1, 0.15) is 5.22 Å². The summed E-state index contributed by atoms with van der Waals surface area (Å²) >= 11 is 0. The molecule has 0 aliphatic carbocycles. The lowest BCUT2D eigenvalue weighted by molar-refractivity contribution is -0.0620. The van der Waals surface area contributed by atoms with Crippen LogP contribution in [0.15, 0.2) is 0 Å². The van der Waals surface area contributed by atoms with Crippen LogP contribution in [0.25, 0.3) is 0 Å². The maximum atomic E-state index is 6.46. The van der Waals surface area contributed by atoms with E-state index in [4.69, 9.17) is 13.6 Å². The molecule has 1 heterocycles. The summed E-state index contributed by atoms with van der Waals surface area (Å²) in [5, 5.41) is 3.54. The minimum absolute atomic E-state index is 0.266. The van der Waals surface area contributed by atoms with Crippen molar-refractivity contribution in [1.82, 2.24) is 5.32 Å². The van der Waals surface area contributed by atoms with Gasteiger partial charge in [0.25, 0.3) is 0 Å². The second-order valence-corrected chi connectivity index (χ2v) is 9.83. The summed E-state index contributed by atoms with van der Waals surface area (Å²) in [6.07, 6.45) is 7.07. The lowest BCUT2D eigenvalue weighted by Gasteiger charge is -2.53. The number of unbranched alkanes of at least 4 members (excludes halogenated alkanes) is 2. The van der Waals surface area contributed by atoms with Crippen LogP contribution in [0.5, 0.6) is 0 Å². The molecule has 4 nitrogen and oxygen atoms in total. The fourth-order valence-corrected chi connectivity index (χ4v) is 8.72. The second-order valence-electron chi connectivity index (χ2n) is 6.40. The number of rotatable bonds is 12. The topological polar surface area (TPSA) is 39.7 Å². The minimum atomic E-state index is -2.40. The van der Waals surface area contributed by atoms with Crippen LogP contribution in [0.4, 0.5) is 0 Å². The Hall–Kier alpha value is 0.0569. The zero-order valence-corrected chi connectivity index (χ0v) is 17.1. The van der Waals surface area contributed by atoms with E-state index in [9.17, 15) is 0 Å². The molecule has 1 rings (SSSR count). The highest BCUT2D eigenvalue weighted by atomic mass is 28.4. The molecule has 0 spiro atoms. The molecule has 0 aromatic heterocycles. The molecule has 1 N–H and O–H groups in total. The highest BCUT2D eigenvalue weighted by molar-refractivity contribution is 6.71. The Labute approximate surface area is 144 Å². The standard InChI is InChI=1S/C18H39NO3Si/c1-6-11-12-15-19-17-14-13-16-23(21-9-4,22-10-5)18(17,7-2)20-8-3/h17,19H,6-16H2,1-5H3. The molecule has 0 bridgehead atoms. The van der Waals surface area contributed by atoms with Crippen molar-refractivity contribution in [3.63, 3.8) is 0 Å². The summed E-state index contributed by atoms with van der Waals surface area (Å²) in [6.45, 7) is 14.0. The molecule has 2 atom stereocenters. The first kappa shape index (κ1) is 21.1. The molecule has 1 saturated heterocycles. The molecule has 0 radical (unpaired) electrons. The molecule has 0 aromatic rings. The highest BCUT2D eigenvalue weighted by Crippen LogP contribution is 2.43. The molecule has 0 saturated carbocycles. The minimum Gasteiger partial charge on any atom is -0.393 e. The Morgan fingerprint density at radius 1 is 1.00 bits per heavy atom. The monoisotopic (exact) mass is 345 g/mol. The van der Waals surface area contributed by atoms with Crippen molar-refractivity contribution in [2.75, 3.05) is 26.4 Å². The van der Waals surface area contributed by atoms with Gasteiger partial charge in [-0.15, -0.1) is 0 Å². The van der Waals surface area contributed by atoms with E-state index >= 15 is 0 Å². The summed E-state index contributed by atoms with van der Waals surface area (Å²) in [4.78, 5) is 0. The molecule has 0 amide bonds. The van der Waals surface area contributed by atoms with Gasteiger partial charge in [0.2, 0.25) is 0 Å². The smallest absolute Gasteiger partial charge is 0.372 e. The third-order valence-electron chi connectivity index (χ3n) is 5.06. The van der Waals surface area contributed by atoms with Crippen LogP contribution in [0.2, 0.25) is 6.04 Å². The van der Waals surface area contributed by atoms with Crippen LogP contribution in [0.3, 0.4) is 0 Å². The molecule has 0 aromatic carbocycles. The van der Waals surface area contributed by atoms with E-state index in [0.717, 1.165) is 32.0 Å². The predicted octanol–water partition coefficient (Wildman–Crippen LogP) is 4.17. The second kappa shape index (κ2) is 10.8. The maximum absolute atomic E-state index is 6.46. The van der Waals surface area contributed by atoms with Gasteiger partial charge >= 0.3 is 8.56 Å². The van der Waals surface area contributed by atoms with E-state index in [0.29, 0.717) is 19.3 Å². The van der Waals surface area contributed by atoms with Gasteiger partial charge in [-0.3, -0.25) is 0 Å². The number of ether oxygens (including phenoxy) is 1. The van der Waals surface area contributed by atoms with E-state index in [1.54, 1.807) is 0 Å². The predicted molar refractivity (Wildman–Crippen MR) is 99.0 cm³/mol. The van der Waals surface area contributed by atoms with Crippen molar-refractivity contribution in [1.29, 1.82) is 0 Å². The van der Waals surface area contributed by atoms with Gasteiger partial charge in [0.05, 0.1) is 0 Å². The number of hydrogen-bond acceptors (Lipinski definition) is 4. The first-order chi connectivity index (χ1) is 11.2. The van der Waals surface area contributed by atoms with Gasteiger partial charge in [-0.25, -0.2) is 0 Å². The van der Waals surface area contributed by atoms with Crippen molar-refractivity contribution in [3.8, 4) is 0 Å². The van der Waals surface area contributed by atoms with Gasteiger partial charge in [-0.2, -0.15) is 0 Å². The first-order valence-corrected chi connectivity index (χ1v) is 11.8. The Bertz CT molecular complexity index is 305. The quantitative estimate of drug-likeness (QED) is 0.426. The van der Waals surface area contributed by atoms with Crippen LogP contribution in [-0.2, 0) is 13.6 Å². The molecule has 1 fully saturated rings. The molecule has 138 valence electrons. The van der Waals surface area contributed by atoms with Gasteiger partial charge in [-0.05, 0) is 59.0 Å².